The molecular weight excluding hydrogens is 320 g/mol. The van der Waals surface area contributed by atoms with E-state index in [-0.39, 0.29) is 18.4 Å². The van der Waals surface area contributed by atoms with E-state index in [0.29, 0.717) is 17.5 Å². The zero-order valence-corrected chi connectivity index (χ0v) is 13.0. The van der Waals surface area contributed by atoms with Gasteiger partial charge in [0.15, 0.2) is 5.96 Å². The predicted molar refractivity (Wildman–Crippen MR) is 87.8 cm³/mol. The molecule has 0 aliphatic carbocycles. The summed E-state index contributed by atoms with van der Waals surface area (Å²) in [7, 11) is 0. The van der Waals surface area contributed by atoms with Gasteiger partial charge in [0.25, 0.3) is 5.91 Å². The van der Waals surface area contributed by atoms with Crippen molar-refractivity contribution in [3.8, 4) is 5.69 Å². The van der Waals surface area contributed by atoms with Crippen molar-refractivity contribution in [2.45, 2.75) is 13.3 Å². The minimum atomic E-state index is -0.509. The minimum absolute atomic E-state index is 0. The van der Waals surface area contributed by atoms with Crippen LogP contribution in [0.1, 0.15) is 23.0 Å². The Morgan fingerprint density at radius 2 is 2.04 bits per heavy atom. The summed E-state index contributed by atoms with van der Waals surface area (Å²) in [5.74, 6) is -0.783. The maximum Gasteiger partial charge on any atom is 0.283 e. The van der Waals surface area contributed by atoms with Gasteiger partial charge in [-0.25, -0.2) is 4.68 Å². The van der Waals surface area contributed by atoms with Crippen LogP contribution in [0.25, 0.3) is 16.7 Å². The Morgan fingerprint density at radius 1 is 1.30 bits per heavy atom. The highest BCUT2D eigenvalue weighted by molar-refractivity contribution is 6.02. The fraction of sp³-hybridized carbons (Fsp3) is 0.154. The lowest BCUT2D eigenvalue weighted by atomic mass is 10.2. The molecule has 0 spiro atoms. The number of aromatic nitrogens is 5. The van der Waals surface area contributed by atoms with Crippen molar-refractivity contribution in [2.24, 2.45) is 16.5 Å². The molecule has 3 rings (SSSR count). The first-order valence-corrected chi connectivity index (χ1v) is 6.62. The van der Waals surface area contributed by atoms with Crippen LogP contribution in [0, 0.1) is 0 Å². The quantitative estimate of drug-likeness (QED) is 0.471. The van der Waals surface area contributed by atoms with Gasteiger partial charge in [-0.15, -0.1) is 12.4 Å². The highest BCUT2D eigenvalue weighted by atomic mass is 35.5. The lowest BCUT2D eigenvalue weighted by Crippen LogP contribution is -2.24. The van der Waals surface area contributed by atoms with Crippen molar-refractivity contribution >= 4 is 35.3 Å². The van der Waals surface area contributed by atoms with E-state index in [0.717, 1.165) is 16.9 Å². The van der Waals surface area contributed by atoms with Gasteiger partial charge in [0.05, 0.1) is 23.1 Å². The molecule has 5 N–H and O–H groups in total. The van der Waals surface area contributed by atoms with E-state index in [9.17, 15) is 4.79 Å². The molecule has 9 nitrogen and oxygen atoms in total. The van der Waals surface area contributed by atoms with Crippen molar-refractivity contribution in [3.05, 3.63) is 35.7 Å². The summed E-state index contributed by atoms with van der Waals surface area (Å²) in [5.41, 5.74) is 13.8. The lowest BCUT2D eigenvalue weighted by molar-refractivity contribution is 0.100. The Kier molecular flexibility index (Phi) is 4.60. The summed E-state index contributed by atoms with van der Waals surface area (Å²) in [4.78, 5) is 15.6. The summed E-state index contributed by atoms with van der Waals surface area (Å²) < 4.78 is 1.67. The first-order chi connectivity index (χ1) is 10.6. The van der Waals surface area contributed by atoms with E-state index in [4.69, 9.17) is 11.5 Å². The molecule has 0 saturated heterocycles. The molecule has 0 bridgehead atoms. The number of halogens is 1. The number of nitrogens with two attached hydrogens (primary N) is 2. The average Bonchev–Trinajstić information content (AvgIpc) is 3.11. The number of fused-ring (bicyclic) bond motifs is 1. The molecule has 2 aromatic heterocycles. The van der Waals surface area contributed by atoms with Gasteiger partial charge in [0.1, 0.15) is 11.0 Å². The number of hydrogen-bond acceptors (Lipinski definition) is 4. The second-order valence-electron chi connectivity index (χ2n) is 4.61. The highest BCUT2D eigenvalue weighted by Gasteiger charge is 2.17. The lowest BCUT2D eigenvalue weighted by Gasteiger charge is -2.06. The number of guanidine groups is 1. The van der Waals surface area contributed by atoms with Crippen molar-refractivity contribution in [1.29, 1.82) is 0 Å². The summed E-state index contributed by atoms with van der Waals surface area (Å²) in [5, 5.41) is 14.9. The van der Waals surface area contributed by atoms with Gasteiger partial charge < -0.3 is 11.5 Å². The van der Waals surface area contributed by atoms with Gasteiger partial charge in [0, 0.05) is 0 Å². The maximum atomic E-state index is 12.0. The standard InChI is InChI=1S/C13H14N8O.ClH/c1-2-11-8(12(22)17-13(14)15)6-16-21(11)7-3-4-9-10(5-7)19-20-18-9;/h3-6H,2H2,1H3,(H,18,19,20)(H4,14,15,17,22);1H. The van der Waals surface area contributed by atoms with E-state index in [1.54, 1.807) is 4.68 Å². The normalized spacial score (nSPS) is 10.3. The number of nitrogens with zero attached hydrogens (tertiary/aromatic N) is 5. The molecule has 3 aromatic rings. The van der Waals surface area contributed by atoms with E-state index >= 15 is 0 Å². The molecule has 0 unspecified atom stereocenters. The number of aromatic amines is 1. The van der Waals surface area contributed by atoms with Crippen molar-refractivity contribution in [2.75, 3.05) is 0 Å². The van der Waals surface area contributed by atoms with E-state index < -0.39 is 5.91 Å². The molecule has 0 atom stereocenters. The Hall–Kier alpha value is -2.94. The number of carbonyl (C=O) groups excluding carboxylic acids is 1. The van der Waals surface area contributed by atoms with Crippen LogP contribution in [0.2, 0.25) is 0 Å². The Labute approximate surface area is 137 Å². The van der Waals surface area contributed by atoms with Gasteiger partial charge in [-0.2, -0.15) is 25.5 Å². The Balaban J connectivity index is 0.00000192. The SMILES string of the molecule is CCc1c(C(=O)N=C(N)N)cnn1-c1ccc2n[nH]nc2c1.Cl. The van der Waals surface area contributed by atoms with Crippen LogP contribution in [0.5, 0.6) is 0 Å². The number of amides is 1. The number of benzene rings is 1. The van der Waals surface area contributed by atoms with Gasteiger partial charge in [-0.3, -0.25) is 4.79 Å². The summed E-state index contributed by atoms with van der Waals surface area (Å²) in [6, 6.07) is 5.51. The number of H-pyrrole nitrogens is 1. The molecule has 0 aliphatic heterocycles. The molecule has 0 aliphatic rings. The maximum absolute atomic E-state index is 12.0. The first kappa shape index (κ1) is 16.4. The molecule has 10 heteroatoms. The summed E-state index contributed by atoms with van der Waals surface area (Å²) >= 11 is 0. The Morgan fingerprint density at radius 3 is 2.74 bits per heavy atom. The minimum Gasteiger partial charge on any atom is -0.370 e. The van der Waals surface area contributed by atoms with E-state index in [2.05, 4.69) is 25.5 Å². The van der Waals surface area contributed by atoms with Gasteiger partial charge >= 0.3 is 0 Å². The summed E-state index contributed by atoms with van der Waals surface area (Å²) in [6.45, 7) is 1.93. The molecule has 0 saturated carbocycles. The number of carbonyl (C=O) groups is 1. The van der Waals surface area contributed by atoms with Crippen LogP contribution in [-0.4, -0.2) is 37.1 Å². The monoisotopic (exact) mass is 334 g/mol. The number of nitrogens with one attached hydrogen (secondary N) is 1. The number of rotatable bonds is 3. The van der Waals surface area contributed by atoms with Crippen LogP contribution in [0.4, 0.5) is 0 Å². The van der Waals surface area contributed by atoms with Crippen LogP contribution in [-0.2, 0) is 6.42 Å². The Bertz CT molecular complexity index is 877. The third-order valence-corrected chi connectivity index (χ3v) is 3.21. The second-order valence-corrected chi connectivity index (χ2v) is 4.61. The molecule has 2 heterocycles. The molecular formula is C13H15ClN8O. The highest BCUT2D eigenvalue weighted by Crippen LogP contribution is 2.19. The zero-order valence-electron chi connectivity index (χ0n) is 12.2. The van der Waals surface area contributed by atoms with Crippen LogP contribution >= 0.6 is 12.4 Å². The average molecular weight is 335 g/mol. The van der Waals surface area contributed by atoms with Crippen molar-refractivity contribution in [3.63, 3.8) is 0 Å². The fourth-order valence-corrected chi connectivity index (χ4v) is 2.25. The van der Waals surface area contributed by atoms with Gasteiger partial charge in [-0.1, -0.05) is 6.92 Å². The first-order valence-electron chi connectivity index (χ1n) is 6.62. The summed E-state index contributed by atoms with van der Waals surface area (Å²) in [6.07, 6.45) is 2.05. The van der Waals surface area contributed by atoms with Gasteiger partial charge in [-0.05, 0) is 24.6 Å². The molecule has 23 heavy (non-hydrogen) atoms. The predicted octanol–water partition coefficient (Wildman–Crippen LogP) is 0.541. The zero-order chi connectivity index (χ0) is 15.7. The smallest absolute Gasteiger partial charge is 0.283 e. The van der Waals surface area contributed by atoms with Crippen LogP contribution < -0.4 is 11.5 Å². The van der Waals surface area contributed by atoms with Crippen LogP contribution in [0.15, 0.2) is 29.4 Å². The van der Waals surface area contributed by atoms with Crippen LogP contribution in [0.3, 0.4) is 0 Å². The van der Waals surface area contributed by atoms with Crippen molar-refractivity contribution < 1.29 is 4.79 Å². The van der Waals surface area contributed by atoms with Crippen molar-refractivity contribution in [1.82, 2.24) is 25.2 Å². The third kappa shape index (κ3) is 2.99. The third-order valence-electron chi connectivity index (χ3n) is 3.21. The molecule has 0 radical (unpaired) electrons. The molecule has 1 amide bonds. The second kappa shape index (κ2) is 6.44. The molecule has 0 fully saturated rings. The molecule has 1 aromatic carbocycles. The largest absolute Gasteiger partial charge is 0.370 e. The molecule has 120 valence electrons. The van der Waals surface area contributed by atoms with Gasteiger partial charge in [0.2, 0.25) is 0 Å². The topological polar surface area (TPSA) is 141 Å². The van der Waals surface area contributed by atoms with E-state index in [1.807, 2.05) is 25.1 Å². The van der Waals surface area contributed by atoms with E-state index in [1.165, 1.54) is 6.20 Å². The number of aliphatic imine (C=N–C) groups is 1. The number of hydrogen-bond donors (Lipinski definition) is 3. The fourth-order valence-electron chi connectivity index (χ4n) is 2.25.